The average molecular weight is 188 g/mol. The summed E-state index contributed by atoms with van der Waals surface area (Å²) >= 11 is 5.53. The summed E-state index contributed by atoms with van der Waals surface area (Å²) in [6.07, 6.45) is 2.43. The Balaban J connectivity index is 2.10. The Labute approximate surface area is 75.5 Å². The largest absolute Gasteiger partial charge is 0.407 e. The summed E-state index contributed by atoms with van der Waals surface area (Å²) in [7, 11) is 1.96. The normalized spacial score (nSPS) is 16.5. The molecule has 1 aliphatic rings. The first-order chi connectivity index (χ1) is 5.81. The average Bonchev–Trinajstić information content (AvgIpc) is 2.82. The summed E-state index contributed by atoms with van der Waals surface area (Å²) in [6, 6.07) is 1.17. The van der Waals surface area contributed by atoms with E-state index < -0.39 is 0 Å². The predicted molar refractivity (Wildman–Crippen MR) is 45.3 cm³/mol. The van der Waals surface area contributed by atoms with Crippen LogP contribution >= 0.6 is 11.6 Å². The van der Waals surface area contributed by atoms with E-state index in [4.69, 9.17) is 16.0 Å². The Morgan fingerprint density at radius 2 is 2.33 bits per heavy atom. The molecule has 66 valence electrons. The van der Waals surface area contributed by atoms with Crippen molar-refractivity contribution in [2.24, 2.45) is 0 Å². The highest BCUT2D eigenvalue weighted by Gasteiger charge is 2.29. The molecule has 0 N–H and O–H groups in total. The lowest BCUT2D eigenvalue weighted by molar-refractivity contribution is 0.506. The molecule has 0 bridgehead atoms. The number of rotatable bonds is 3. The molecule has 0 amide bonds. The maximum Gasteiger partial charge on any atom is 0.318 e. The predicted octanol–water partition coefficient (Wildman–Crippen LogP) is 1.41. The van der Waals surface area contributed by atoms with Gasteiger partial charge in [0.05, 0.1) is 0 Å². The third-order valence-corrected chi connectivity index (χ3v) is 2.20. The molecule has 1 aromatic rings. The maximum absolute atomic E-state index is 5.53. The Kier molecular flexibility index (Phi) is 1.92. The van der Waals surface area contributed by atoms with E-state index in [1.165, 1.54) is 12.8 Å². The lowest BCUT2D eigenvalue weighted by atomic mass is 10.6. The minimum absolute atomic E-state index is 0.283. The Morgan fingerprint density at radius 3 is 2.83 bits per heavy atom. The number of alkyl halides is 1. The molecule has 0 radical (unpaired) electrons. The van der Waals surface area contributed by atoms with E-state index in [9.17, 15) is 0 Å². The van der Waals surface area contributed by atoms with Gasteiger partial charge in [0.1, 0.15) is 5.88 Å². The molecule has 5 heteroatoms. The molecule has 0 aromatic carbocycles. The van der Waals surface area contributed by atoms with E-state index in [0.717, 1.165) is 0 Å². The SMILES string of the molecule is CN(c1nnc(CCl)o1)C1CC1. The molecule has 0 atom stereocenters. The summed E-state index contributed by atoms with van der Waals surface area (Å²) in [5.74, 6) is 0.769. The molecular formula is C7H10ClN3O. The zero-order valence-electron chi connectivity index (χ0n) is 6.83. The van der Waals surface area contributed by atoms with Gasteiger partial charge < -0.3 is 9.32 Å². The molecule has 0 aliphatic heterocycles. The number of hydrogen-bond acceptors (Lipinski definition) is 4. The minimum Gasteiger partial charge on any atom is -0.407 e. The van der Waals surface area contributed by atoms with Gasteiger partial charge in [0, 0.05) is 13.1 Å². The highest BCUT2D eigenvalue weighted by atomic mass is 35.5. The van der Waals surface area contributed by atoms with Crippen molar-refractivity contribution in [1.29, 1.82) is 0 Å². The molecule has 2 rings (SSSR count). The molecule has 0 unspecified atom stereocenters. The molecule has 1 aliphatic carbocycles. The third kappa shape index (κ3) is 1.39. The summed E-state index contributed by atoms with van der Waals surface area (Å²) in [5, 5.41) is 7.65. The Morgan fingerprint density at radius 1 is 1.58 bits per heavy atom. The van der Waals surface area contributed by atoms with E-state index >= 15 is 0 Å². The maximum atomic E-state index is 5.53. The van der Waals surface area contributed by atoms with Crippen molar-refractivity contribution in [1.82, 2.24) is 10.2 Å². The summed E-state index contributed by atoms with van der Waals surface area (Å²) < 4.78 is 5.27. The van der Waals surface area contributed by atoms with Crippen molar-refractivity contribution in [3.05, 3.63) is 5.89 Å². The van der Waals surface area contributed by atoms with Gasteiger partial charge in [-0.1, -0.05) is 5.10 Å². The van der Waals surface area contributed by atoms with Crippen molar-refractivity contribution in [3.63, 3.8) is 0 Å². The topological polar surface area (TPSA) is 42.2 Å². The van der Waals surface area contributed by atoms with Crippen LogP contribution in [0.1, 0.15) is 18.7 Å². The van der Waals surface area contributed by atoms with Crippen LogP contribution in [0.2, 0.25) is 0 Å². The van der Waals surface area contributed by atoms with Crippen molar-refractivity contribution >= 4 is 17.6 Å². The zero-order valence-corrected chi connectivity index (χ0v) is 7.58. The zero-order chi connectivity index (χ0) is 8.55. The van der Waals surface area contributed by atoms with Crippen LogP contribution in [0.3, 0.4) is 0 Å². The highest BCUT2D eigenvalue weighted by molar-refractivity contribution is 6.16. The van der Waals surface area contributed by atoms with Crippen LogP contribution in [0.4, 0.5) is 6.01 Å². The lowest BCUT2D eigenvalue weighted by Gasteiger charge is -2.10. The molecule has 1 fully saturated rings. The van der Waals surface area contributed by atoms with Gasteiger partial charge in [-0.05, 0) is 12.8 Å². The summed E-state index contributed by atoms with van der Waals surface area (Å²) in [6.45, 7) is 0. The van der Waals surface area contributed by atoms with Gasteiger partial charge in [-0.3, -0.25) is 0 Å². The van der Waals surface area contributed by atoms with E-state index in [0.29, 0.717) is 17.9 Å². The van der Waals surface area contributed by atoms with Gasteiger partial charge in [0.15, 0.2) is 0 Å². The van der Waals surface area contributed by atoms with Gasteiger partial charge in [-0.15, -0.1) is 16.7 Å². The highest BCUT2D eigenvalue weighted by Crippen LogP contribution is 2.29. The molecule has 12 heavy (non-hydrogen) atoms. The number of hydrogen-bond donors (Lipinski definition) is 0. The Bertz CT molecular complexity index is 271. The Hall–Kier alpha value is -0.770. The van der Waals surface area contributed by atoms with Gasteiger partial charge in [0.25, 0.3) is 0 Å². The molecular weight excluding hydrogens is 178 g/mol. The quantitative estimate of drug-likeness (QED) is 0.671. The van der Waals surface area contributed by atoms with Crippen molar-refractivity contribution in [2.75, 3.05) is 11.9 Å². The first kappa shape index (κ1) is 7.86. The van der Waals surface area contributed by atoms with Crippen molar-refractivity contribution in [3.8, 4) is 0 Å². The molecule has 1 aromatic heterocycles. The summed E-state index contributed by atoms with van der Waals surface area (Å²) in [4.78, 5) is 2.00. The first-order valence-electron chi connectivity index (χ1n) is 3.92. The first-order valence-corrected chi connectivity index (χ1v) is 4.46. The molecule has 4 nitrogen and oxygen atoms in total. The number of aromatic nitrogens is 2. The molecule has 1 saturated carbocycles. The van der Waals surface area contributed by atoms with Crippen molar-refractivity contribution < 1.29 is 4.42 Å². The second kappa shape index (κ2) is 2.94. The number of anilines is 1. The van der Waals surface area contributed by atoms with Gasteiger partial charge in [0.2, 0.25) is 5.89 Å². The number of halogens is 1. The smallest absolute Gasteiger partial charge is 0.318 e. The van der Waals surface area contributed by atoms with Crippen LogP contribution in [0.5, 0.6) is 0 Å². The van der Waals surface area contributed by atoms with E-state index in [1.54, 1.807) is 0 Å². The van der Waals surface area contributed by atoms with E-state index in [1.807, 2.05) is 11.9 Å². The fourth-order valence-corrected chi connectivity index (χ4v) is 1.17. The fraction of sp³-hybridized carbons (Fsp3) is 0.714. The van der Waals surface area contributed by atoms with Crippen LogP contribution in [0.15, 0.2) is 4.42 Å². The van der Waals surface area contributed by atoms with Crippen LogP contribution in [-0.4, -0.2) is 23.3 Å². The second-order valence-corrected chi connectivity index (χ2v) is 3.22. The van der Waals surface area contributed by atoms with Crippen LogP contribution < -0.4 is 4.90 Å². The number of nitrogens with zero attached hydrogens (tertiary/aromatic N) is 3. The standard InChI is InChI=1S/C7H10ClN3O/c1-11(5-2-3-5)7-10-9-6(4-8)12-7/h5H,2-4H2,1H3. The van der Waals surface area contributed by atoms with Crippen LogP contribution in [0.25, 0.3) is 0 Å². The lowest BCUT2D eigenvalue weighted by Crippen LogP contribution is -2.19. The van der Waals surface area contributed by atoms with Gasteiger partial charge >= 0.3 is 6.01 Å². The monoisotopic (exact) mass is 187 g/mol. The van der Waals surface area contributed by atoms with E-state index in [2.05, 4.69) is 10.2 Å². The van der Waals surface area contributed by atoms with Gasteiger partial charge in [-0.2, -0.15) is 0 Å². The molecule has 1 heterocycles. The minimum atomic E-state index is 0.283. The fourth-order valence-electron chi connectivity index (χ4n) is 1.06. The summed E-state index contributed by atoms with van der Waals surface area (Å²) in [5.41, 5.74) is 0. The second-order valence-electron chi connectivity index (χ2n) is 2.95. The van der Waals surface area contributed by atoms with Crippen LogP contribution in [0, 0.1) is 0 Å². The van der Waals surface area contributed by atoms with Crippen molar-refractivity contribution in [2.45, 2.75) is 24.8 Å². The molecule has 0 spiro atoms. The molecule has 0 saturated heterocycles. The van der Waals surface area contributed by atoms with E-state index in [-0.39, 0.29) is 5.88 Å². The van der Waals surface area contributed by atoms with Crippen LogP contribution in [-0.2, 0) is 5.88 Å². The van der Waals surface area contributed by atoms with Gasteiger partial charge in [-0.25, -0.2) is 0 Å². The third-order valence-electron chi connectivity index (χ3n) is 1.97.